The van der Waals surface area contributed by atoms with Gasteiger partial charge in [-0.05, 0) is 18.2 Å². The fourth-order valence-corrected chi connectivity index (χ4v) is 1.63. The van der Waals surface area contributed by atoms with E-state index in [-0.39, 0.29) is 18.0 Å². The van der Waals surface area contributed by atoms with Gasteiger partial charge in [0.05, 0.1) is 13.3 Å². The van der Waals surface area contributed by atoms with Crippen molar-refractivity contribution < 1.29 is 23.4 Å². The number of carboxylic acid groups (broad SMARTS) is 1. The Labute approximate surface area is 130 Å². The van der Waals surface area contributed by atoms with Gasteiger partial charge >= 0.3 is 5.97 Å². The van der Waals surface area contributed by atoms with Crippen molar-refractivity contribution in [3.8, 4) is 23.5 Å². The third-order valence-corrected chi connectivity index (χ3v) is 2.83. The molecule has 2 rings (SSSR count). The minimum atomic E-state index is -1.27. The molecule has 0 aliphatic rings. The summed E-state index contributed by atoms with van der Waals surface area (Å²) in [5.74, 6) is 3.74. The van der Waals surface area contributed by atoms with Crippen LogP contribution in [0, 0.1) is 17.8 Å². The number of nitrogens with zero attached hydrogens (tertiary/aromatic N) is 2. The van der Waals surface area contributed by atoms with Crippen molar-refractivity contribution in [3.63, 3.8) is 0 Å². The first-order valence-corrected chi connectivity index (χ1v) is 6.67. The van der Waals surface area contributed by atoms with Crippen LogP contribution in [0.5, 0.6) is 11.6 Å². The third kappa shape index (κ3) is 4.51. The van der Waals surface area contributed by atoms with Gasteiger partial charge < -0.3 is 9.84 Å². The van der Waals surface area contributed by atoms with E-state index >= 15 is 0 Å². The molecule has 8 heteroatoms. The second kappa shape index (κ2) is 7.89. The topological polar surface area (TPSA) is 88.1 Å². The summed E-state index contributed by atoms with van der Waals surface area (Å²) in [5.41, 5.74) is 0.235. The largest absolute Gasteiger partial charge is 0.476 e. The van der Waals surface area contributed by atoms with E-state index in [4.69, 9.17) is 9.84 Å². The molecule has 0 saturated carbocycles. The number of aromatic amines is 1. The van der Waals surface area contributed by atoms with E-state index in [0.29, 0.717) is 11.3 Å². The molecule has 0 bridgehead atoms. The monoisotopic (exact) mass is 321 g/mol. The lowest BCUT2D eigenvalue weighted by molar-refractivity contribution is 0.0687. The molecule has 0 fully saturated rings. The highest BCUT2D eigenvalue weighted by atomic mass is 19.1. The molecule has 1 aromatic heterocycles. The van der Waals surface area contributed by atoms with Gasteiger partial charge in [-0.15, -0.1) is 5.10 Å². The van der Waals surface area contributed by atoms with Crippen LogP contribution in [0.4, 0.5) is 8.78 Å². The molecule has 2 aromatic rings. The fraction of sp³-hybridized carbons (Fsp3) is 0.267. The predicted octanol–water partition coefficient (Wildman–Crippen LogP) is 2.59. The number of aromatic nitrogens is 3. The maximum absolute atomic E-state index is 12.4. The Kier molecular flexibility index (Phi) is 5.63. The van der Waals surface area contributed by atoms with Gasteiger partial charge in [-0.1, -0.05) is 23.1 Å². The summed E-state index contributed by atoms with van der Waals surface area (Å²) in [6.45, 7) is -1.50. The number of hydrogen-bond donors (Lipinski definition) is 2. The summed E-state index contributed by atoms with van der Waals surface area (Å²) in [6.07, 6.45) is 0.117. The standard InChI is InChI=1S/C15H13F2N3O3/c16-8-11(9-17)5-1-3-10-4-2-6-12(7-10)23-14-13(15(21)22)18-20-19-14/h2,4,6-7,11H,5,8-9H2,(H,21,22)(H,18,19,20). The number of halogens is 2. The molecule has 6 nitrogen and oxygen atoms in total. The van der Waals surface area contributed by atoms with Gasteiger partial charge in [0, 0.05) is 17.9 Å². The number of nitrogens with one attached hydrogen (secondary N) is 1. The molecular formula is C15H13F2N3O3. The Bertz CT molecular complexity index is 733. The van der Waals surface area contributed by atoms with Crippen molar-refractivity contribution in [1.82, 2.24) is 15.4 Å². The van der Waals surface area contributed by atoms with Crippen LogP contribution < -0.4 is 4.74 Å². The maximum atomic E-state index is 12.4. The van der Waals surface area contributed by atoms with Gasteiger partial charge in [0.15, 0.2) is 0 Å². The Hall–Kier alpha value is -2.95. The van der Waals surface area contributed by atoms with Crippen LogP contribution in [0.25, 0.3) is 0 Å². The van der Waals surface area contributed by atoms with Crippen LogP contribution >= 0.6 is 0 Å². The zero-order chi connectivity index (χ0) is 16.7. The van der Waals surface area contributed by atoms with Gasteiger partial charge in [-0.2, -0.15) is 0 Å². The molecule has 0 aliphatic carbocycles. The van der Waals surface area contributed by atoms with Crippen LogP contribution in [0.15, 0.2) is 24.3 Å². The highest BCUT2D eigenvalue weighted by molar-refractivity contribution is 5.87. The van der Waals surface area contributed by atoms with Crippen LogP contribution in [0.1, 0.15) is 22.5 Å². The summed E-state index contributed by atoms with van der Waals surface area (Å²) in [6, 6.07) is 6.53. The number of hydrogen-bond acceptors (Lipinski definition) is 4. The van der Waals surface area contributed by atoms with E-state index in [1.54, 1.807) is 24.3 Å². The van der Waals surface area contributed by atoms with Gasteiger partial charge in [0.2, 0.25) is 5.69 Å². The first kappa shape index (κ1) is 16.4. The number of alkyl halides is 2. The first-order chi connectivity index (χ1) is 11.1. The van der Waals surface area contributed by atoms with E-state index in [9.17, 15) is 13.6 Å². The van der Waals surface area contributed by atoms with Gasteiger partial charge in [0.25, 0.3) is 5.88 Å². The summed E-state index contributed by atoms with van der Waals surface area (Å²) < 4.78 is 30.1. The molecule has 0 saturated heterocycles. The quantitative estimate of drug-likeness (QED) is 0.798. The number of H-pyrrole nitrogens is 1. The lowest BCUT2D eigenvalue weighted by Crippen LogP contribution is -2.03. The molecule has 1 aromatic carbocycles. The first-order valence-electron chi connectivity index (χ1n) is 6.67. The van der Waals surface area contributed by atoms with Crippen molar-refractivity contribution in [1.29, 1.82) is 0 Å². The van der Waals surface area contributed by atoms with Crippen LogP contribution in [-0.2, 0) is 0 Å². The molecule has 2 N–H and O–H groups in total. The molecule has 23 heavy (non-hydrogen) atoms. The Morgan fingerprint density at radius 1 is 1.39 bits per heavy atom. The molecule has 0 radical (unpaired) electrons. The number of benzene rings is 1. The lowest BCUT2D eigenvalue weighted by Gasteiger charge is -2.03. The maximum Gasteiger partial charge on any atom is 0.362 e. The highest BCUT2D eigenvalue weighted by Gasteiger charge is 2.16. The predicted molar refractivity (Wildman–Crippen MR) is 76.8 cm³/mol. The molecule has 0 atom stereocenters. The number of rotatable bonds is 6. The van der Waals surface area contributed by atoms with E-state index in [1.807, 2.05) is 0 Å². The minimum absolute atomic E-state index is 0.0995. The van der Waals surface area contributed by atoms with Gasteiger partial charge in [0.1, 0.15) is 5.75 Å². The summed E-state index contributed by atoms with van der Waals surface area (Å²) in [5, 5.41) is 18.0. The van der Waals surface area contributed by atoms with E-state index in [2.05, 4.69) is 27.3 Å². The number of carbonyl (C=O) groups is 1. The van der Waals surface area contributed by atoms with Crippen LogP contribution in [0.2, 0.25) is 0 Å². The van der Waals surface area contributed by atoms with Gasteiger partial charge in [-0.3, -0.25) is 8.78 Å². The second-order valence-electron chi connectivity index (χ2n) is 4.61. The lowest BCUT2D eigenvalue weighted by atomic mass is 10.1. The minimum Gasteiger partial charge on any atom is -0.476 e. The number of carboxylic acids is 1. The highest BCUT2D eigenvalue weighted by Crippen LogP contribution is 2.22. The molecule has 0 spiro atoms. The zero-order valence-electron chi connectivity index (χ0n) is 11.9. The van der Waals surface area contributed by atoms with E-state index in [1.165, 1.54) is 0 Å². The molecular weight excluding hydrogens is 308 g/mol. The summed E-state index contributed by atoms with van der Waals surface area (Å²) in [4.78, 5) is 10.9. The van der Waals surface area contributed by atoms with Crippen molar-refractivity contribution in [2.75, 3.05) is 13.3 Å². The third-order valence-electron chi connectivity index (χ3n) is 2.83. The summed E-state index contributed by atoms with van der Waals surface area (Å²) in [7, 11) is 0. The van der Waals surface area contributed by atoms with Crippen LogP contribution in [-0.4, -0.2) is 39.8 Å². The van der Waals surface area contributed by atoms with E-state index < -0.39 is 25.2 Å². The Morgan fingerprint density at radius 3 is 2.87 bits per heavy atom. The van der Waals surface area contributed by atoms with Crippen molar-refractivity contribution in [2.24, 2.45) is 5.92 Å². The van der Waals surface area contributed by atoms with Gasteiger partial charge in [-0.25, -0.2) is 9.89 Å². The fourth-order valence-electron chi connectivity index (χ4n) is 1.63. The number of ether oxygens (including phenoxy) is 1. The molecule has 120 valence electrons. The average Bonchev–Trinajstić information content (AvgIpc) is 3.00. The van der Waals surface area contributed by atoms with E-state index in [0.717, 1.165) is 0 Å². The second-order valence-corrected chi connectivity index (χ2v) is 4.61. The SMILES string of the molecule is O=C(O)c1nn[nH]c1Oc1cccc(C#CCC(CF)CF)c1. The Balaban J connectivity index is 2.10. The molecule has 0 unspecified atom stereocenters. The Morgan fingerprint density at radius 2 is 2.17 bits per heavy atom. The van der Waals surface area contributed by atoms with Crippen molar-refractivity contribution in [3.05, 3.63) is 35.5 Å². The normalized spacial score (nSPS) is 10.2. The smallest absolute Gasteiger partial charge is 0.362 e. The molecule has 0 amide bonds. The van der Waals surface area contributed by atoms with Crippen LogP contribution in [0.3, 0.4) is 0 Å². The van der Waals surface area contributed by atoms with Crippen molar-refractivity contribution >= 4 is 5.97 Å². The zero-order valence-corrected chi connectivity index (χ0v) is 11.9. The van der Waals surface area contributed by atoms with Crippen molar-refractivity contribution in [2.45, 2.75) is 6.42 Å². The number of aromatic carboxylic acids is 1. The summed E-state index contributed by atoms with van der Waals surface area (Å²) >= 11 is 0. The molecule has 1 heterocycles. The average molecular weight is 321 g/mol. The molecule has 0 aliphatic heterocycles.